The Morgan fingerprint density at radius 2 is 2.00 bits per heavy atom. The fourth-order valence-corrected chi connectivity index (χ4v) is 2.86. The van der Waals surface area contributed by atoms with Gasteiger partial charge in [0.1, 0.15) is 0 Å². The van der Waals surface area contributed by atoms with Crippen LogP contribution in [0.5, 0.6) is 0 Å². The summed E-state index contributed by atoms with van der Waals surface area (Å²) in [5, 5.41) is 10.4. The first kappa shape index (κ1) is 13.8. The summed E-state index contributed by atoms with van der Waals surface area (Å²) in [5.74, 6) is 0. The molecule has 0 saturated carbocycles. The number of pyridine rings is 1. The van der Waals surface area contributed by atoms with Gasteiger partial charge in [0.15, 0.2) is 0 Å². The number of hydrogen-bond acceptors (Lipinski definition) is 3. The molecule has 0 fully saturated rings. The number of hydrogen-bond donors (Lipinski definition) is 1. The Morgan fingerprint density at radius 3 is 2.71 bits per heavy atom. The molecule has 4 heteroatoms. The highest BCUT2D eigenvalue weighted by molar-refractivity contribution is 5.85. The summed E-state index contributed by atoms with van der Waals surface area (Å²) in [4.78, 5) is 4.41. The number of nitrogens with zero attached hydrogens (tertiary/aromatic N) is 3. The summed E-state index contributed by atoms with van der Waals surface area (Å²) >= 11 is 0. The van der Waals surface area contributed by atoms with Crippen molar-refractivity contribution in [3.63, 3.8) is 0 Å². The maximum Gasteiger partial charge on any atom is 0.0644 e. The molecule has 3 aromatic rings. The van der Waals surface area contributed by atoms with E-state index < -0.39 is 0 Å². The van der Waals surface area contributed by atoms with Crippen molar-refractivity contribution in [3.05, 3.63) is 59.7 Å². The van der Waals surface area contributed by atoms with Gasteiger partial charge in [-0.3, -0.25) is 9.67 Å². The van der Waals surface area contributed by atoms with Crippen LogP contribution in [0.25, 0.3) is 10.8 Å². The maximum absolute atomic E-state index is 4.48. The molecular formula is C17H20N4. The Morgan fingerprint density at radius 1 is 1.19 bits per heavy atom. The smallest absolute Gasteiger partial charge is 0.0644 e. The van der Waals surface area contributed by atoms with Gasteiger partial charge in [-0.05, 0) is 24.4 Å². The molecule has 0 aliphatic rings. The van der Waals surface area contributed by atoms with Gasteiger partial charge in [0.05, 0.1) is 11.7 Å². The molecule has 108 valence electrons. The highest BCUT2D eigenvalue weighted by Gasteiger charge is 2.20. The van der Waals surface area contributed by atoms with E-state index in [0.29, 0.717) is 0 Å². The van der Waals surface area contributed by atoms with E-state index in [1.165, 1.54) is 21.9 Å². The molecular weight excluding hydrogens is 260 g/mol. The van der Waals surface area contributed by atoms with Crippen molar-refractivity contribution in [2.45, 2.75) is 19.9 Å². The largest absolute Gasteiger partial charge is 0.306 e. The van der Waals surface area contributed by atoms with Crippen LogP contribution in [0.15, 0.2) is 42.9 Å². The molecule has 2 aromatic heterocycles. The van der Waals surface area contributed by atoms with E-state index in [1.54, 1.807) is 0 Å². The predicted molar refractivity (Wildman–Crippen MR) is 85.2 cm³/mol. The second-order valence-electron chi connectivity index (χ2n) is 5.28. The first-order valence-electron chi connectivity index (χ1n) is 7.27. The molecule has 4 nitrogen and oxygen atoms in total. The van der Waals surface area contributed by atoms with E-state index in [2.05, 4.69) is 53.6 Å². The van der Waals surface area contributed by atoms with Crippen molar-refractivity contribution in [2.75, 3.05) is 6.54 Å². The van der Waals surface area contributed by atoms with E-state index >= 15 is 0 Å². The number of nitrogens with one attached hydrogen (secondary N) is 1. The van der Waals surface area contributed by atoms with Gasteiger partial charge in [0.25, 0.3) is 0 Å². The zero-order chi connectivity index (χ0) is 14.8. The van der Waals surface area contributed by atoms with Crippen LogP contribution in [-0.2, 0) is 7.05 Å². The molecule has 1 atom stereocenters. The molecule has 1 N–H and O–H groups in total. The van der Waals surface area contributed by atoms with Gasteiger partial charge < -0.3 is 5.32 Å². The molecule has 1 aromatic carbocycles. The van der Waals surface area contributed by atoms with Gasteiger partial charge in [0.2, 0.25) is 0 Å². The molecule has 0 radical (unpaired) electrons. The molecule has 2 heterocycles. The highest BCUT2D eigenvalue weighted by Crippen LogP contribution is 2.29. The highest BCUT2D eigenvalue weighted by atomic mass is 15.3. The Kier molecular flexibility index (Phi) is 3.71. The Labute approximate surface area is 124 Å². The van der Waals surface area contributed by atoms with Gasteiger partial charge in [-0.15, -0.1) is 0 Å². The van der Waals surface area contributed by atoms with Crippen LogP contribution < -0.4 is 5.32 Å². The van der Waals surface area contributed by atoms with Crippen molar-refractivity contribution in [2.24, 2.45) is 7.05 Å². The monoisotopic (exact) mass is 280 g/mol. The molecule has 0 aliphatic carbocycles. The van der Waals surface area contributed by atoms with Crippen molar-refractivity contribution >= 4 is 10.8 Å². The second kappa shape index (κ2) is 5.66. The average molecular weight is 280 g/mol. The third-order valence-electron chi connectivity index (χ3n) is 3.78. The number of rotatable bonds is 4. The van der Waals surface area contributed by atoms with Crippen LogP contribution in [0, 0.1) is 6.92 Å². The molecule has 1 unspecified atom stereocenters. The first-order valence-corrected chi connectivity index (χ1v) is 7.27. The summed E-state index contributed by atoms with van der Waals surface area (Å²) in [6.07, 6.45) is 5.96. The van der Waals surface area contributed by atoms with Gasteiger partial charge >= 0.3 is 0 Å². The lowest BCUT2D eigenvalue weighted by atomic mass is 9.96. The third-order valence-corrected chi connectivity index (χ3v) is 3.78. The van der Waals surface area contributed by atoms with Crippen molar-refractivity contribution in [1.29, 1.82) is 0 Å². The SMILES string of the molecule is CCNC(c1cn(C)nc1C)c1cncc2ccccc12. The summed E-state index contributed by atoms with van der Waals surface area (Å²) in [5.41, 5.74) is 3.46. The molecule has 3 rings (SSSR count). The second-order valence-corrected chi connectivity index (χ2v) is 5.28. The van der Waals surface area contributed by atoms with Gasteiger partial charge in [0, 0.05) is 36.6 Å². The Balaban J connectivity index is 2.18. The van der Waals surface area contributed by atoms with E-state index in [1.807, 2.05) is 30.2 Å². The van der Waals surface area contributed by atoms with Crippen LogP contribution in [0.4, 0.5) is 0 Å². The fraction of sp³-hybridized carbons (Fsp3) is 0.294. The van der Waals surface area contributed by atoms with Crippen LogP contribution in [0.1, 0.15) is 29.8 Å². The maximum atomic E-state index is 4.48. The Bertz CT molecular complexity index is 755. The normalized spacial score (nSPS) is 12.7. The molecule has 0 bridgehead atoms. The number of benzene rings is 1. The lowest BCUT2D eigenvalue weighted by molar-refractivity contribution is 0.629. The fourth-order valence-electron chi connectivity index (χ4n) is 2.86. The topological polar surface area (TPSA) is 42.7 Å². The minimum Gasteiger partial charge on any atom is -0.306 e. The summed E-state index contributed by atoms with van der Waals surface area (Å²) < 4.78 is 1.87. The first-order chi connectivity index (χ1) is 10.2. The number of fused-ring (bicyclic) bond motifs is 1. The van der Waals surface area contributed by atoms with Gasteiger partial charge in [-0.2, -0.15) is 5.10 Å². The van der Waals surface area contributed by atoms with Gasteiger partial charge in [-0.25, -0.2) is 0 Å². The zero-order valence-corrected chi connectivity index (χ0v) is 12.7. The average Bonchev–Trinajstić information content (AvgIpc) is 2.83. The zero-order valence-electron chi connectivity index (χ0n) is 12.7. The quantitative estimate of drug-likeness (QED) is 0.799. The predicted octanol–water partition coefficient (Wildman–Crippen LogP) is 2.98. The molecule has 0 amide bonds. The molecule has 0 aliphatic heterocycles. The van der Waals surface area contributed by atoms with Crippen LogP contribution in [-0.4, -0.2) is 21.3 Å². The third kappa shape index (κ3) is 2.54. The molecule has 0 saturated heterocycles. The van der Waals surface area contributed by atoms with E-state index in [4.69, 9.17) is 0 Å². The van der Waals surface area contributed by atoms with E-state index in [9.17, 15) is 0 Å². The summed E-state index contributed by atoms with van der Waals surface area (Å²) in [6.45, 7) is 5.07. The van der Waals surface area contributed by atoms with Crippen LogP contribution in [0.3, 0.4) is 0 Å². The van der Waals surface area contributed by atoms with Crippen LogP contribution >= 0.6 is 0 Å². The lowest BCUT2D eigenvalue weighted by Gasteiger charge is -2.19. The lowest BCUT2D eigenvalue weighted by Crippen LogP contribution is -2.22. The van der Waals surface area contributed by atoms with E-state index in [-0.39, 0.29) is 6.04 Å². The van der Waals surface area contributed by atoms with Crippen molar-refractivity contribution < 1.29 is 0 Å². The van der Waals surface area contributed by atoms with Crippen molar-refractivity contribution in [3.8, 4) is 0 Å². The molecule has 21 heavy (non-hydrogen) atoms. The van der Waals surface area contributed by atoms with Gasteiger partial charge in [-0.1, -0.05) is 31.2 Å². The molecule has 0 spiro atoms. The Hall–Kier alpha value is -2.20. The summed E-state index contributed by atoms with van der Waals surface area (Å²) in [7, 11) is 1.96. The minimum absolute atomic E-state index is 0.113. The number of aryl methyl sites for hydroxylation is 2. The summed E-state index contributed by atoms with van der Waals surface area (Å²) in [6, 6.07) is 8.49. The standard InChI is InChI=1S/C17H20N4/c1-4-19-17(16-11-21(3)20-12(16)2)15-10-18-9-13-7-5-6-8-14(13)15/h5-11,17,19H,4H2,1-3H3. The minimum atomic E-state index is 0.113. The van der Waals surface area contributed by atoms with E-state index in [0.717, 1.165) is 12.2 Å². The van der Waals surface area contributed by atoms with Crippen LogP contribution in [0.2, 0.25) is 0 Å². The number of aromatic nitrogens is 3. The van der Waals surface area contributed by atoms with Crippen molar-refractivity contribution in [1.82, 2.24) is 20.1 Å².